The smallest absolute Gasteiger partial charge is 0.230 e. The number of thiazole rings is 1. The molecule has 0 aliphatic carbocycles. The second-order valence-electron chi connectivity index (χ2n) is 6.54. The lowest BCUT2D eigenvalue weighted by Gasteiger charge is -2.04. The van der Waals surface area contributed by atoms with Gasteiger partial charge in [-0.2, -0.15) is 5.10 Å². The summed E-state index contributed by atoms with van der Waals surface area (Å²) in [5.74, 6) is -0.112. The molecule has 0 fully saturated rings. The molecule has 136 valence electrons. The zero-order valence-electron chi connectivity index (χ0n) is 15.4. The first-order chi connectivity index (χ1) is 13.0. The van der Waals surface area contributed by atoms with Crippen LogP contribution in [0.4, 0.5) is 5.69 Å². The summed E-state index contributed by atoms with van der Waals surface area (Å²) in [5, 5.41) is 11.0. The average molecular weight is 377 g/mol. The third kappa shape index (κ3) is 3.59. The van der Waals surface area contributed by atoms with Gasteiger partial charge in [0.2, 0.25) is 5.91 Å². The molecule has 0 saturated carbocycles. The number of anilines is 1. The van der Waals surface area contributed by atoms with Crippen LogP contribution in [0.5, 0.6) is 0 Å². The molecule has 0 atom stereocenters. The molecule has 4 rings (SSSR count). The first kappa shape index (κ1) is 17.4. The van der Waals surface area contributed by atoms with Crippen molar-refractivity contribution in [3.63, 3.8) is 0 Å². The number of aromatic nitrogens is 4. The Balaban J connectivity index is 1.48. The fourth-order valence-electron chi connectivity index (χ4n) is 3.04. The van der Waals surface area contributed by atoms with Gasteiger partial charge in [-0.15, -0.1) is 11.3 Å². The van der Waals surface area contributed by atoms with Gasteiger partial charge in [-0.25, -0.2) is 9.97 Å². The number of fused-ring (bicyclic) bond motifs is 1. The van der Waals surface area contributed by atoms with Crippen molar-refractivity contribution < 1.29 is 4.79 Å². The van der Waals surface area contributed by atoms with E-state index < -0.39 is 0 Å². The quantitative estimate of drug-likeness (QED) is 0.586. The SMILES string of the molecule is Cc1cccc(-c2nc(CC(=O)Nc3cnc4c(c3)c(C)nn4C)cs2)c1. The van der Waals surface area contributed by atoms with E-state index in [4.69, 9.17) is 0 Å². The predicted molar refractivity (Wildman–Crippen MR) is 108 cm³/mol. The molecule has 7 heteroatoms. The van der Waals surface area contributed by atoms with Gasteiger partial charge in [0.05, 0.1) is 29.7 Å². The van der Waals surface area contributed by atoms with Crippen molar-refractivity contribution in [3.05, 3.63) is 58.9 Å². The number of hydrogen-bond acceptors (Lipinski definition) is 5. The minimum absolute atomic E-state index is 0.112. The van der Waals surface area contributed by atoms with Crippen molar-refractivity contribution in [2.75, 3.05) is 5.32 Å². The summed E-state index contributed by atoms with van der Waals surface area (Å²) < 4.78 is 1.73. The van der Waals surface area contributed by atoms with Crippen molar-refractivity contribution in [2.24, 2.45) is 7.05 Å². The highest BCUT2D eigenvalue weighted by atomic mass is 32.1. The van der Waals surface area contributed by atoms with Gasteiger partial charge in [0.15, 0.2) is 5.65 Å². The van der Waals surface area contributed by atoms with Crippen LogP contribution in [0.1, 0.15) is 17.0 Å². The molecule has 0 saturated heterocycles. The van der Waals surface area contributed by atoms with E-state index in [0.29, 0.717) is 5.69 Å². The van der Waals surface area contributed by atoms with Crippen LogP contribution >= 0.6 is 11.3 Å². The second kappa shape index (κ2) is 6.92. The second-order valence-corrected chi connectivity index (χ2v) is 7.40. The molecule has 0 aliphatic rings. The molecule has 6 nitrogen and oxygen atoms in total. The number of aryl methyl sites for hydroxylation is 3. The van der Waals surface area contributed by atoms with Crippen LogP contribution in [0.2, 0.25) is 0 Å². The topological polar surface area (TPSA) is 72.7 Å². The van der Waals surface area contributed by atoms with Crippen molar-refractivity contribution in [1.29, 1.82) is 0 Å². The first-order valence-electron chi connectivity index (χ1n) is 8.60. The summed E-state index contributed by atoms with van der Waals surface area (Å²) in [6, 6.07) is 10.1. The Morgan fingerprint density at radius 3 is 2.93 bits per heavy atom. The largest absolute Gasteiger partial charge is 0.324 e. The summed E-state index contributed by atoms with van der Waals surface area (Å²) in [7, 11) is 1.86. The Bertz CT molecular complexity index is 1140. The lowest BCUT2D eigenvalue weighted by atomic mass is 10.1. The third-order valence-electron chi connectivity index (χ3n) is 4.31. The van der Waals surface area contributed by atoms with E-state index in [2.05, 4.69) is 39.4 Å². The zero-order chi connectivity index (χ0) is 19.0. The summed E-state index contributed by atoms with van der Waals surface area (Å²) in [6.45, 7) is 3.98. The predicted octanol–water partition coefficient (Wildman–Crippen LogP) is 3.89. The number of hydrogen-bond donors (Lipinski definition) is 1. The average Bonchev–Trinajstić information content (AvgIpc) is 3.20. The highest BCUT2D eigenvalue weighted by Gasteiger charge is 2.12. The summed E-state index contributed by atoms with van der Waals surface area (Å²) in [5.41, 5.74) is 5.38. The highest BCUT2D eigenvalue weighted by Crippen LogP contribution is 2.25. The maximum atomic E-state index is 12.4. The first-order valence-corrected chi connectivity index (χ1v) is 9.48. The van der Waals surface area contributed by atoms with Crippen molar-refractivity contribution >= 4 is 34.0 Å². The molecule has 1 N–H and O–H groups in total. The van der Waals surface area contributed by atoms with Gasteiger partial charge < -0.3 is 5.32 Å². The standard InChI is InChI=1S/C20H19N5OS/c1-12-5-4-6-14(7-12)20-23-16(11-27-20)9-18(26)22-15-8-17-13(2)24-25(3)19(17)21-10-15/h4-8,10-11H,9H2,1-3H3,(H,22,26). The van der Waals surface area contributed by atoms with Crippen LogP contribution in [0.3, 0.4) is 0 Å². The number of benzene rings is 1. The molecule has 3 aromatic heterocycles. The zero-order valence-corrected chi connectivity index (χ0v) is 16.2. The number of rotatable bonds is 4. The summed E-state index contributed by atoms with van der Waals surface area (Å²) in [4.78, 5) is 21.4. The minimum atomic E-state index is -0.112. The third-order valence-corrected chi connectivity index (χ3v) is 5.25. The maximum absolute atomic E-state index is 12.4. The van der Waals surface area contributed by atoms with Gasteiger partial charge >= 0.3 is 0 Å². The number of carbonyl (C=O) groups excluding carboxylic acids is 1. The Hall–Kier alpha value is -3.06. The van der Waals surface area contributed by atoms with E-state index >= 15 is 0 Å². The van der Waals surface area contributed by atoms with Crippen LogP contribution in [-0.4, -0.2) is 25.7 Å². The maximum Gasteiger partial charge on any atom is 0.230 e. The number of amides is 1. The molecule has 1 aromatic carbocycles. The van der Waals surface area contributed by atoms with Gasteiger partial charge in [-0.05, 0) is 26.0 Å². The lowest BCUT2D eigenvalue weighted by molar-refractivity contribution is -0.115. The molecular formula is C20H19N5OS. The van der Waals surface area contributed by atoms with E-state index in [1.54, 1.807) is 22.2 Å². The van der Waals surface area contributed by atoms with Crippen molar-refractivity contribution in [3.8, 4) is 10.6 Å². The number of pyridine rings is 1. The van der Waals surface area contributed by atoms with E-state index in [0.717, 1.165) is 33.0 Å². The molecular weight excluding hydrogens is 358 g/mol. The fourth-order valence-corrected chi connectivity index (χ4v) is 3.86. The van der Waals surface area contributed by atoms with E-state index in [-0.39, 0.29) is 12.3 Å². The molecule has 0 spiro atoms. The van der Waals surface area contributed by atoms with E-state index in [9.17, 15) is 4.79 Å². The Morgan fingerprint density at radius 2 is 2.11 bits per heavy atom. The van der Waals surface area contributed by atoms with Crippen LogP contribution < -0.4 is 5.32 Å². The summed E-state index contributed by atoms with van der Waals surface area (Å²) in [6.07, 6.45) is 1.88. The molecule has 0 radical (unpaired) electrons. The van der Waals surface area contributed by atoms with Gasteiger partial charge in [-0.3, -0.25) is 9.48 Å². The normalized spacial score (nSPS) is 11.1. The Labute approximate surface area is 160 Å². The van der Waals surface area contributed by atoms with Gasteiger partial charge in [0.1, 0.15) is 5.01 Å². The highest BCUT2D eigenvalue weighted by molar-refractivity contribution is 7.13. The molecule has 4 aromatic rings. The summed E-state index contributed by atoms with van der Waals surface area (Å²) >= 11 is 1.55. The molecule has 0 unspecified atom stereocenters. The van der Waals surface area contributed by atoms with Gasteiger partial charge in [-0.1, -0.05) is 23.8 Å². The molecule has 0 bridgehead atoms. The Morgan fingerprint density at radius 1 is 1.26 bits per heavy atom. The van der Waals surface area contributed by atoms with Crippen molar-refractivity contribution in [1.82, 2.24) is 19.7 Å². The van der Waals surface area contributed by atoms with Crippen LogP contribution in [-0.2, 0) is 18.3 Å². The van der Waals surface area contributed by atoms with Crippen LogP contribution in [0, 0.1) is 13.8 Å². The van der Waals surface area contributed by atoms with Crippen LogP contribution in [0.15, 0.2) is 41.9 Å². The Kier molecular flexibility index (Phi) is 4.45. The van der Waals surface area contributed by atoms with Gasteiger partial charge in [0.25, 0.3) is 0 Å². The van der Waals surface area contributed by atoms with Crippen LogP contribution in [0.25, 0.3) is 21.6 Å². The lowest BCUT2D eigenvalue weighted by Crippen LogP contribution is -2.14. The number of nitrogens with one attached hydrogen (secondary N) is 1. The molecule has 27 heavy (non-hydrogen) atoms. The van der Waals surface area contributed by atoms with Crippen molar-refractivity contribution in [2.45, 2.75) is 20.3 Å². The van der Waals surface area contributed by atoms with Gasteiger partial charge in [0, 0.05) is 23.4 Å². The van der Waals surface area contributed by atoms with E-state index in [1.165, 1.54) is 5.56 Å². The molecule has 1 amide bonds. The minimum Gasteiger partial charge on any atom is -0.324 e. The molecule has 3 heterocycles. The monoisotopic (exact) mass is 377 g/mol. The number of carbonyl (C=O) groups is 1. The molecule has 0 aliphatic heterocycles. The fraction of sp³-hybridized carbons (Fsp3) is 0.200. The van der Waals surface area contributed by atoms with E-state index in [1.807, 2.05) is 37.6 Å². The number of nitrogens with zero attached hydrogens (tertiary/aromatic N) is 4.